The Bertz CT molecular complexity index is 1140. The number of carbonyl (C=O) groups excluding carboxylic acids is 3. The summed E-state index contributed by atoms with van der Waals surface area (Å²) in [5, 5.41) is 0. The maximum Gasteiger partial charge on any atom is 0.306 e. The molecule has 0 N–H and O–H groups in total. The standard InChI is InChI=1S/C59H106O6/c1-4-7-10-13-16-19-22-25-28-31-34-37-40-43-46-49-52-58(61)64-55-56(54-63-57(60)51-48-45-42-39-36-33-30-27-24-21-18-15-12-9-6-3)65-59(62)53-50-47-44-41-38-35-32-29-26-23-20-17-14-11-8-5-2/h18,21,27-32,56H,4-17,19-20,22-26,33-55H2,1-3H3/b21-18-,30-27-,31-28-,32-29-/t56-/m1/s1. The molecule has 0 aromatic carbocycles. The van der Waals surface area contributed by atoms with Gasteiger partial charge in [0.25, 0.3) is 0 Å². The van der Waals surface area contributed by atoms with Crippen LogP contribution in [0.5, 0.6) is 0 Å². The molecular formula is C59H106O6. The lowest BCUT2D eigenvalue weighted by molar-refractivity contribution is -0.167. The number of unbranched alkanes of at least 4 members (excludes halogenated alkanes) is 32. The molecule has 0 fully saturated rings. The lowest BCUT2D eigenvalue weighted by atomic mass is 10.1. The number of hydrogen-bond acceptors (Lipinski definition) is 6. The first-order chi connectivity index (χ1) is 32.0. The lowest BCUT2D eigenvalue weighted by Crippen LogP contribution is -2.30. The molecular weight excluding hydrogens is 805 g/mol. The van der Waals surface area contributed by atoms with Crippen LogP contribution in [0, 0.1) is 0 Å². The van der Waals surface area contributed by atoms with Crippen LogP contribution in [-0.2, 0) is 28.6 Å². The van der Waals surface area contributed by atoms with Gasteiger partial charge >= 0.3 is 17.9 Å². The quantitative estimate of drug-likeness (QED) is 0.0262. The molecule has 0 radical (unpaired) electrons. The summed E-state index contributed by atoms with van der Waals surface area (Å²) in [5.74, 6) is -0.903. The van der Waals surface area contributed by atoms with Gasteiger partial charge in [0, 0.05) is 19.3 Å². The van der Waals surface area contributed by atoms with E-state index >= 15 is 0 Å². The maximum absolute atomic E-state index is 12.8. The van der Waals surface area contributed by atoms with E-state index in [0.717, 1.165) is 96.3 Å². The van der Waals surface area contributed by atoms with Crippen molar-refractivity contribution in [2.45, 2.75) is 297 Å². The summed E-state index contributed by atoms with van der Waals surface area (Å²) >= 11 is 0. The second-order valence-electron chi connectivity index (χ2n) is 18.8. The number of carbonyl (C=O) groups is 3. The summed E-state index contributed by atoms with van der Waals surface area (Å²) < 4.78 is 16.8. The Morgan fingerprint density at radius 3 is 0.892 bits per heavy atom. The highest BCUT2D eigenvalue weighted by atomic mass is 16.6. The van der Waals surface area contributed by atoms with E-state index in [4.69, 9.17) is 14.2 Å². The molecule has 0 saturated carbocycles. The minimum Gasteiger partial charge on any atom is -0.462 e. The van der Waals surface area contributed by atoms with Crippen LogP contribution < -0.4 is 0 Å². The van der Waals surface area contributed by atoms with E-state index in [1.807, 2.05) is 0 Å². The zero-order chi connectivity index (χ0) is 47.2. The van der Waals surface area contributed by atoms with Gasteiger partial charge in [-0.3, -0.25) is 14.4 Å². The number of allylic oxidation sites excluding steroid dienone is 8. The molecule has 0 heterocycles. The highest BCUT2D eigenvalue weighted by Crippen LogP contribution is 2.15. The molecule has 0 saturated heterocycles. The number of esters is 3. The Morgan fingerprint density at radius 1 is 0.308 bits per heavy atom. The average Bonchev–Trinajstić information content (AvgIpc) is 3.30. The van der Waals surface area contributed by atoms with Crippen LogP contribution in [0.3, 0.4) is 0 Å². The Labute approximate surface area is 403 Å². The third-order valence-corrected chi connectivity index (χ3v) is 12.3. The largest absolute Gasteiger partial charge is 0.462 e. The average molecular weight is 911 g/mol. The summed E-state index contributed by atoms with van der Waals surface area (Å²) in [5.41, 5.74) is 0. The van der Waals surface area contributed by atoms with Crippen LogP contribution in [0.4, 0.5) is 0 Å². The second-order valence-corrected chi connectivity index (χ2v) is 18.8. The van der Waals surface area contributed by atoms with Crippen molar-refractivity contribution in [2.75, 3.05) is 13.2 Å². The van der Waals surface area contributed by atoms with E-state index < -0.39 is 6.10 Å². The van der Waals surface area contributed by atoms with Crippen molar-refractivity contribution >= 4 is 17.9 Å². The van der Waals surface area contributed by atoms with Crippen molar-refractivity contribution < 1.29 is 28.6 Å². The van der Waals surface area contributed by atoms with Crippen LogP contribution in [0.15, 0.2) is 48.6 Å². The maximum atomic E-state index is 12.8. The van der Waals surface area contributed by atoms with E-state index in [9.17, 15) is 14.4 Å². The molecule has 0 unspecified atom stereocenters. The molecule has 0 aromatic rings. The summed E-state index contributed by atoms with van der Waals surface area (Å²) in [4.78, 5) is 38.1. The Morgan fingerprint density at radius 2 is 0.554 bits per heavy atom. The van der Waals surface area contributed by atoms with Gasteiger partial charge in [0.1, 0.15) is 13.2 Å². The summed E-state index contributed by atoms with van der Waals surface area (Å²) in [7, 11) is 0. The molecule has 0 amide bonds. The van der Waals surface area contributed by atoms with E-state index in [1.165, 1.54) is 154 Å². The van der Waals surface area contributed by atoms with Gasteiger partial charge in [-0.15, -0.1) is 0 Å². The third kappa shape index (κ3) is 52.2. The zero-order valence-corrected chi connectivity index (χ0v) is 43.3. The molecule has 6 heteroatoms. The number of rotatable bonds is 51. The minimum absolute atomic E-state index is 0.0841. The summed E-state index contributed by atoms with van der Waals surface area (Å²) in [6, 6.07) is 0. The monoisotopic (exact) mass is 911 g/mol. The Balaban J connectivity index is 4.41. The predicted molar refractivity (Wildman–Crippen MR) is 279 cm³/mol. The van der Waals surface area contributed by atoms with Crippen molar-refractivity contribution in [1.82, 2.24) is 0 Å². The van der Waals surface area contributed by atoms with Gasteiger partial charge in [0.2, 0.25) is 0 Å². The fourth-order valence-electron chi connectivity index (χ4n) is 7.99. The van der Waals surface area contributed by atoms with Gasteiger partial charge < -0.3 is 14.2 Å². The molecule has 0 aliphatic rings. The predicted octanol–water partition coefficient (Wildman–Crippen LogP) is 18.7. The smallest absolute Gasteiger partial charge is 0.306 e. The second kappa shape index (κ2) is 54.0. The van der Waals surface area contributed by atoms with Crippen LogP contribution in [0.2, 0.25) is 0 Å². The first kappa shape index (κ1) is 62.4. The van der Waals surface area contributed by atoms with E-state index in [0.29, 0.717) is 19.3 Å². The molecule has 0 bridgehead atoms. The molecule has 65 heavy (non-hydrogen) atoms. The zero-order valence-electron chi connectivity index (χ0n) is 43.3. The van der Waals surface area contributed by atoms with Crippen molar-refractivity contribution in [3.63, 3.8) is 0 Å². The molecule has 0 aliphatic carbocycles. The van der Waals surface area contributed by atoms with Gasteiger partial charge in [0.05, 0.1) is 0 Å². The van der Waals surface area contributed by atoms with Gasteiger partial charge in [-0.1, -0.05) is 217 Å². The fourth-order valence-corrected chi connectivity index (χ4v) is 7.99. The van der Waals surface area contributed by atoms with Crippen LogP contribution in [0.25, 0.3) is 0 Å². The lowest BCUT2D eigenvalue weighted by Gasteiger charge is -2.18. The third-order valence-electron chi connectivity index (χ3n) is 12.3. The molecule has 0 rings (SSSR count). The van der Waals surface area contributed by atoms with Crippen LogP contribution in [-0.4, -0.2) is 37.2 Å². The molecule has 0 spiro atoms. The number of ether oxygens (including phenoxy) is 3. The van der Waals surface area contributed by atoms with E-state index in [2.05, 4.69) is 69.4 Å². The van der Waals surface area contributed by atoms with Crippen molar-refractivity contribution in [3.8, 4) is 0 Å². The molecule has 0 aliphatic heterocycles. The minimum atomic E-state index is -0.785. The van der Waals surface area contributed by atoms with Gasteiger partial charge in [0.15, 0.2) is 6.10 Å². The van der Waals surface area contributed by atoms with Crippen LogP contribution >= 0.6 is 0 Å². The van der Waals surface area contributed by atoms with Crippen LogP contribution in [0.1, 0.15) is 290 Å². The van der Waals surface area contributed by atoms with E-state index in [-0.39, 0.29) is 31.1 Å². The first-order valence-electron chi connectivity index (χ1n) is 28.1. The number of hydrogen-bond donors (Lipinski definition) is 0. The van der Waals surface area contributed by atoms with E-state index in [1.54, 1.807) is 0 Å². The Kier molecular flexibility index (Phi) is 51.8. The highest BCUT2D eigenvalue weighted by Gasteiger charge is 2.19. The Hall–Kier alpha value is -2.63. The molecule has 378 valence electrons. The normalized spacial score (nSPS) is 12.4. The summed E-state index contributed by atoms with van der Waals surface area (Å²) in [6.45, 7) is 6.61. The topological polar surface area (TPSA) is 78.9 Å². The van der Waals surface area contributed by atoms with Crippen molar-refractivity contribution in [3.05, 3.63) is 48.6 Å². The first-order valence-corrected chi connectivity index (χ1v) is 28.1. The molecule has 0 aromatic heterocycles. The van der Waals surface area contributed by atoms with Crippen molar-refractivity contribution in [1.29, 1.82) is 0 Å². The van der Waals surface area contributed by atoms with Gasteiger partial charge in [-0.05, 0) is 103 Å². The molecule has 1 atom stereocenters. The SMILES string of the molecule is CCCCC/C=C\C/C=C\CCCCCCCC(=O)OC[C@H](COC(=O)CCCCCCC/C=C\CCCCCCCCC)OC(=O)CCCCCCC/C=C\CCCCCCCCC. The fraction of sp³-hybridized carbons (Fsp3) is 0.814. The van der Waals surface area contributed by atoms with Gasteiger partial charge in [-0.25, -0.2) is 0 Å². The molecule has 6 nitrogen and oxygen atoms in total. The summed E-state index contributed by atoms with van der Waals surface area (Å²) in [6.07, 6.45) is 65.2. The van der Waals surface area contributed by atoms with Gasteiger partial charge in [-0.2, -0.15) is 0 Å². The highest BCUT2D eigenvalue weighted by molar-refractivity contribution is 5.71. The van der Waals surface area contributed by atoms with Crippen molar-refractivity contribution in [2.24, 2.45) is 0 Å².